The molecule has 4 amide bonds. The number of benzene rings is 2. The van der Waals surface area contributed by atoms with Crippen molar-refractivity contribution in [1.29, 1.82) is 0 Å². The van der Waals surface area contributed by atoms with Gasteiger partial charge in [-0.2, -0.15) is 0 Å². The fourth-order valence-corrected chi connectivity index (χ4v) is 7.08. The number of fused-ring (bicyclic) bond motifs is 1. The van der Waals surface area contributed by atoms with E-state index < -0.39 is 11.2 Å². The molecule has 0 saturated carbocycles. The standard InChI is InChI=1S/C19H31N3O2S.C18H27N3O3/c1-6-8-14(7-2)16-11-12-22(5)18-13-15(9-10-17(16)18)19(23)20-25(24)21(3)4;1-13-5-6-17(24-4)12-16(13)11-14(2)19-18(23)21-9-7-20(8-10-21)15(3)22/h9-10,13-14,16H,6-8,11-12H2,1-5H3,(H,20,23);5-6,12,14H,7-11H2,1-4H3,(H,19,23). The quantitative estimate of drug-likeness (QED) is 0.337. The van der Waals surface area contributed by atoms with E-state index in [2.05, 4.69) is 48.8 Å². The van der Waals surface area contributed by atoms with E-state index in [4.69, 9.17) is 4.74 Å². The third kappa shape index (κ3) is 11.2. The van der Waals surface area contributed by atoms with E-state index in [1.54, 1.807) is 37.9 Å². The van der Waals surface area contributed by atoms with Gasteiger partial charge in [0.25, 0.3) is 5.91 Å². The van der Waals surface area contributed by atoms with Gasteiger partial charge in [-0.25, -0.2) is 13.3 Å². The molecule has 272 valence electrons. The topological polar surface area (TPSA) is 115 Å². The Kier molecular flexibility index (Phi) is 15.4. The first-order chi connectivity index (χ1) is 23.3. The molecule has 11 nitrogen and oxygen atoms in total. The van der Waals surface area contributed by atoms with E-state index in [-0.39, 0.29) is 23.9 Å². The monoisotopic (exact) mass is 698 g/mol. The molecule has 2 aromatic rings. The summed E-state index contributed by atoms with van der Waals surface area (Å²) in [4.78, 5) is 41.9. The lowest BCUT2D eigenvalue weighted by Crippen LogP contribution is -2.54. The lowest BCUT2D eigenvalue weighted by Gasteiger charge is -2.37. The van der Waals surface area contributed by atoms with Crippen LogP contribution in [-0.4, -0.2) is 103 Å². The van der Waals surface area contributed by atoms with Crippen molar-refractivity contribution >= 4 is 34.7 Å². The number of urea groups is 1. The molecule has 2 N–H and O–H groups in total. The van der Waals surface area contributed by atoms with Crippen LogP contribution in [0.3, 0.4) is 0 Å². The second kappa shape index (κ2) is 18.9. The summed E-state index contributed by atoms with van der Waals surface area (Å²) >= 11 is -1.51. The second-order valence-electron chi connectivity index (χ2n) is 13.4. The van der Waals surface area contributed by atoms with Crippen LogP contribution in [0.15, 0.2) is 36.4 Å². The van der Waals surface area contributed by atoms with Crippen LogP contribution in [-0.2, 0) is 22.4 Å². The fraction of sp³-hybridized carbons (Fsp3) is 0.595. The highest BCUT2D eigenvalue weighted by molar-refractivity contribution is 7.81. The number of hydrogen-bond donors (Lipinski definition) is 2. The summed E-state index contributed by atoms with van der Waals surface area (Å²) < 4.78 is 21.1. The Morgan fingerprint density at radius 2 is 1.69 bits per heavy atom. The zero-order chi connectivity index (χ0) is 36.2. The van der Waals surface area contributed by atoms with Gasteiger partial charge in [0, 0.05) is 78.1 Å². The summed E-state index contributed by atoms with van der Waals surface area (Å²) in [5.74, 6) is 1.85. The molecule has 0 aromatic heterocycles. The Balaban J connectivity index is 0.000000266. The van der Waals surface area contributed by atoms with Crippen LogP contribution in [0.4, 0.5) is 10.5 Å². The lowest BCUT2D eigenvalue weighted by molar-refractivity contribution is -0.130. The number of rotatable bonds is 11. The van der Waals surface area contributed by atoms with Crippen LogP contribution < -0.4 is 19.7 Å². The summed E-state index contributed by atoms with van der Waals surface area (Å²) in [6, 6.07) is 11.9. The van der Waals surface area contributed by atoms with Crippen LogP contribution in [0.1, 0.15) is 86.3 Å². The van der Waals surface area contributed by atoms with Crippen LogP contribution >= 0.6 is 0 Å². The van der Waals surface area contributed by atoms with Crippen molar-refractivity contribution in [3.05, 3.63) is 58.7 Å². The number of methoxy groups -OCH3 is 1. The SMILES string of the molecule is CCCC(CC)C1CCN(C)c2cc(C(=O)NS(=O)N(C)C)ccc21.COc1ccc(C)c(CC(C)NC(=O)N2CCN(C(C)=O)CC2)c1. The Bertz CT molecular complexity index is 1440. The molecule has 0 aliphatic carbocycles. The highest BCUT2D eigenvalue weighted by Crippen LogP contribution is 2.42. The molecule has 1 saturated heterocycles. The van der Waals surface area contributed by atoms with Gasteiger partial charge in [-0.1, -0.05) is 45.2 Å². The van der Waals surface area contributed by atoms with Crippen molar-refractivity contribution in [2.75, 3.05) is 65.9 Å². The van der Waals surface area contributed by atoms with Crippen molar-refractivity contribution in [2.24, 2.45) is 5.92 Å². The molecule has 1 fully saturated rings. The number of anilines is 1. The first kappa shape index (κ1) is 39.8. The number of aryl methyl sites for hydroxylation is 1. The van der Waals surface area contributed by atoms with Gasteiger partial charge in [0.15, 0.2) is 11.2 Å². The summed E-state index contributed by atoms with van der Waals surface area (Å²) in [6.07, 6.45) is 5.55. The average Bonchev–Trinajstić information content (AvgIpc) is 3.08. The zero-order valence-electron chi connectivity index (χ0n) is 31.0. The van der Waals surface area contributed by atoms with Gasteiger partial charge < -0.3 is 24.8 Å². The van der Waals surface area contributed by atoms with E-state index in [9.17, 15) is 18.6 Å². The van der Waals surface area contributed by atoms with E-state index in [0.717, 1.165) is 30.8 Å². The Morgan fingerprint density at radius 1 is 1.02 bits per heavy atom. The van der Waals surface area contributed by atoms with Gasteiger partial charge >= 0.3 is 6.03 Å². The second-order valence-corrected chi connectivity index (χ2v) is 14.8. The first-order valence-corrected chi connectivity index (χ1v) is 18.6. The average molecular weight is 699 g/mol. The van der Waals surface area contributed by atoms with Gasteiger partial charge in [-0.3, -0.25) is 14.3 Å². The third-order valence-corrected chi connectivity index (χ3v) is 10.6. The van der Waals surface area contributed by atoms with Crippen molar-refractivity contribution in [3.63, 3.8) is 0 Å². The molecule has 4 unspecified atom stereocenters. The first-order valence-electron chi connectivity index (χ1n) is 17.5. The lowest BCUT2D eigenvalue weighted by atomic mass is 9.77. The van der Waals surface area contributed by atoms with E-state index in [0.29, 0.717) is 43.6 Å². The number of amides is 4. The van der Waals surface area contributed by atoms with Crippen LogP contribution in [0.2, 0.25) is 0 Å². The van der Waals surface area contributed by atoms with Gasteiger partial charge in [0.2, 0.25) is 5.91 Å². The highest BCUT2D eigenvalue weighted by Gasteiger charge is 2.29. The minimum Gasteiger partial charge on any atom is -0.497 e. The number of carbonyl (C=O) groups is 3. The Morgan fingerprint density at radius 3 is 2.29 bits per heavy atom. The molecular weight excluding hydrogens is 641 g/mol. The van der Waals surface area contributed by atoms with E-state index in [1.165, 1.54) is 40.3 Å². The summed E-state index contributed by atoms with van der Waals surface area (Å²) in [5, 5.41) is 3.05. The predicted octanol–water partition coefficient (Wildman–Crippen LogP) is 5.11. The largest absolute Gasteiger partial charge is 0.497 e. The molecule has 0 bridgehead atoms. The highest BCUT2D eigenvalue weighted by atomic mass is 32.2. The van der Waals surface area contributed by atoms with Gasteiger partial charge in [-0.15, -0.1) is 0 Å². The maximum Gasteiger partial charge on any atom is 0.317 e. The summed E-state index contributed by atoms with van der Waals surface area (Å²) in [6.45, 7) is 13.5. The molecule has 49 heavy (non-hydrogen) atoms. The molecule has 2 heterocycles. The van der Waals surface area contributed by atoms with Crippen molar-refractivity contribution in [1.82, 2.24) is 24.1 Å². The van der Waals surface area contributed by atoms with Crippen LogP contribution in [0.5, 0.6) is 5.75 Å². The predicted molar refractivity (Wildman–Crippen MR) is 198 cm³/mol. The maximum absolute atomic E-state index is 12.4. The summed E-state index contributed by atoms with van der Waals surface area (Å²) in [5.41, 5.74) is 5.40. The number of nitrogens with zero attached hydrogens (tertiary/aromatic N) is 4. The van der Waals surface area contributed by atoms with Crippen molar-refractivity contribution in [2.45, 2.75) is 78.7 Å². The minimum absolute atomic E-state index is 0.0224. The molecule has 2 aliphatic heterocycles. The molecule has 4 rings (SSSR count). The van der Waals surface area contributed by atoms with Crippen molar-refractivity contribution < 1.29 is 23.3 Å². The molecular formula is C37H58N6O5S. The summed E-state index contributed by atoms with van der Waals surface area (Å²) in [7, 11) is 7.07. The molecule has 0 spiro atoms. The molecule has 4 atom stereocenters. The zero-order valence-corrected chi connectivity index (χ0v) is 31.8. The molecule has 12 heteroatoms. The van der Waals surface area contributed by atoms with Gasteiger partial charge in [-0.05, 0) is 79.5 Å². The van der Waals surface area contributed by atoms with Gasteiger partial charge in [0.1, 0.15) is 5.75 Å². The van der Waals surface area contributed by atoms with Gasteiger partial charge in [0.05, 0.1) is 7.11 Å². The molecule has 2 aromatic carbocycles. The molecule has 0 radical (unpaired) electrons. The third-order valence-electron chi connectivity index (χ3n) is 9.61. The van der Waals surface area contributed by atoms with E-state index in [1.807, 2.05) is 37.3 Å². The number of nitrogens with one attached hydrogen (secondary N) is 2. The smallest absolute Gasteiger partial charge is 0.317 e. The number of piperazine rings is 1. The Hall–Kier alpha value is -3.64. The normalized spacial score (nSPS) is 17.7. The number of carbonyl (C=O) groups excluding carboxylic acids is 3. The maximum atomic E-state index is 12.4. The van der Waals surface area contributed by atoms with Crippen LogP contribution in [0.25, 0.3) is 0 Å². The fourth-order valence-electron chi connectivity index (χ4n) is 6.62. The number of ether oxygens (including phenoxy) is 1. The minimum atomic E-state index is -1.51. The van der Waals surface area contributed by atoms with E-state index >= 15 is 0 Å². The number of hydrogen-bond acceptors (Lipinski definition) is 6. The van der Waals surface area contributed by atoms with Crippen molar-refractivity contribution in [3.8, 4) is 5.75 Å². The Labute approximate surface area is 296 Å². The van der Waals surface area contributed by atoms with Crippen LogP contribution in [0, 0.1) is 12.8 Å². The molecule has 2 aliphatic rings.